The molecule has 8 nitrogen and oxygen atoms in total. The van der Waals surface area contributed by atoms with Crippen molar-refractivity contribution in [3.05, 3.63) is 36.2 Å². The van der Waals surface area contributed by atoms with Crippen LogP contribution in [-0.4, -0.2) is 82.6 Å². The number of imidazole rings is 1. The molecule has 0 unspecified atom stereocenters. The molecule has 1 saturated carbocycles. The molecule has 0 radical (unpaired) electrons. The number of likely N-dealkylation sites (tertiary alicyclic amines) is 1. The number of piperidine rings is 1. The zero-order chi connectivity index (χ0) is 26.8. The summed E-state index contributed by atoms with van der Waals surface area (Å²) in [5.74, 6) is 1.61. The van der Waals surface area contributed by atoms with Gasteiger partial charge < -0.3 is 19.9 Å². The summed E-state index contributed by atoms with van der Waals surface area (Å²) >= 11 is 0. The number of halogens is 5. The highest BCUT2D eigenvalue weighted by Crippen LogP contribution is 2.31. The van der Waals surface area contributed by atoms with Crippen molar-refractivity contribution in [2.24, 2.45) is 5.92 Å². The maximum Gasteiger partial charge on any atom is 0.296 e. The minimum Gasteiger partial charge on any atom is -0.378 e. The second-order valence-electron chi connectivity index (χ2n) is 10.9. The van der Waals surface area contributed by atoms with E-state index in [0.29, 0.717) is 86.3 Å². The Morgan fingerprint density at radius 1 is 0.878 bits per heavy atom. The zero-order valence-corrected chi connectivity index (χ0v) is 24.6. The number of para-hydroxylation sites is 2. The first-order chi connectivity index (χ1) is 19.0. The Morgan fingerprint density at radius 3 is 2.27 bits per heavy atom. The lowest BCUT2D eigenvalue weighted by atomic mass is 9.89. The molecule has 0 bridgehead atoms. The number of aromatic nitrogens is 4. The minimum atomic E-state index is -2.75. The van der Waals surface area contributed by atoms with Crippen LogP contribution in [-0.2, 0) is 4.74 Å². The number of nitrogens with zero attached hydrogens (tertiary/aromatic N) is 6. The third kappa shape index (κ3) is 7.18. The van der Waals surface area contributed by atoms with Crippen LogP contribution in [0.4, 0.5) is 24.9 Å². The SMILES string of the molecule is Cl.Cl.FC(F)c1nc2ccccc2n1-c1cc(N2CCOCC2)nc(NCC2CCN([C@H]3CC[C@@H](F)CC3)CC2)n1. The largest absolute Gasteiger partial charge is 0.378 e. The third-order valence-corrected chi connectivity index (χ3v) is 8.39. The topological polar surface area (TPSA) is 71.3 Å². The average Bonchev–Trinajstić information content (AvgIpc) is 3.37. The molecule has 3 aromatic rings. The zero-order valence-electron chi connectivity index (χ0n) is 22.9. The minimum absolute atomic E-state index is 0. The predicted octanol–water partition coefficient (Wildman–Crippen LogP) is 5.84. The Kier molecular flexibility index (Phi) is 11.0. The van der Waals surface area contributed by atoms with E-state index in [2.05, 4.69) is 20.1 Å². The van der Waals surface area contributed by atoms with Crippen molar-refractivity contribution < 1.29 is 17.9 Å². The molecular weight excluding hydrogens is 578 g/mol. The highest BCUT2D eigenvalue weighted by molar-refractivity contribution is 5.85. The molecule has 2 aromatic heterocycles. The van der Waals surface area contributed by atoms with E-state index in [4.69, 9.17) is 14.7 Å². The van der Waals surface area contributed by atoms with Crippen molar-refractivity contribution in [3.8, 4) is 5.82 Å². The number of anilines is 2. The van der Waals surface area contributed by atoms with Crippen molar-refractivity contribution >= 4 is 47.6 Å². The van der Waals surface area contributed by atoms with Crippen molar-refractivity contribution in [1.29, 1.82) is 0 Å². The summed E-state index contributed by atoms with van der Waals surface area (Å²) in [6, 6.07) is 9.40. The molecule has 0 atom stereocenters. The van der Waals surface area contributed by atoms with Gasteiger partial charge in [0.1, 0.15) is 17.8 Å². The van der Waals surface area contributed by atoms with Gasteiger partial charge in [-0.2, -0.15) is 9.97 Å². The molecule has 41 heavy (non-hydrogen) atoms. The Bertz CT molecular complexity index is 1260. The third-order valence-electron chi connectivity index (χ3n) is 8.39. The highest BCUT2D eigenvalue weighted by atomic mass is 35.5. The lowest BCUT2D eigenvalue weighted by Crippen LogP contribution is -2.44. The first-order valence-corrected chi connectivity index (χ1v) is 14.1. The summed E-state index contributed by atoms with van der Waals surface area (Å²) < 4.78 is 48.7. The fraction of sp³-hybridized carbons (Fsp3) is 0.607. The number of hydrogen-bond acceptors (Lipinski definition) is 7. The highest BCUT2D eigenvalue weighted by Gasteiger charge is 2.29. The van der Waals surface area contributed by atoms with Crippen molar-refractivity contribution in [1.82, 2.24) is 24.4 Å². The van der Waals surface area contributed by atoms with E-state index in [1.165, 1.54) is 4.57 Å². The van der Waals surface area contributed by atoms with Crippen LogP contribution in [0, 0.1) is 5.92 Å². The molecule has 1 aromatic carbocycles. The number of hydrogen-bond donors (Lipinski definition) is 1. The standard InChI is InChI=1S/C28H36F3N7O.2ClH/c29-20-5-7-21(8-6-20)36-11-9-19(10-12-36)18-32-28-34-24(37-13-15-39-16-14-37)17-25(35-28)38-23-4-2-1-3-22(23)33-27(38)26(30)31;;/h1-4,17,19-21,26H,5-16,18H2,(H,32,34,35);2*1H/t20-,21+;;. The fourth-order valence-electron chi connectivity index (χ4n) is 6.16. The van der Waals surface area contributed by atoms with Crippen LogP contribution in [0.5, 0.6) is 0 Å². The summed E-state index contributed by atoms with van der Waals surface area (Å²) in [6.45, 7) is 5.27. The maximum atomic E-state index is 14.1. The molecule has 1 N–H and O–H groups in total. The molecule has 0 amide bonds. The Balaban J connectivity index is 0.00000194. The van der Waals surface area contributed by atoms with Crippen molar-refractivity contribution in [2.75, 3.05) is 56.2 Å². The van der Waals surface area contributed by atoms with Crippen LogP contribution in [0.15, 0.2) is 30.3 Å². The van der Waals surface area contributed by atoms with Crippen molar-refractivity contribution in [3.63, 3.8) is 0 Å². The number of rotatable bonds is 7. The van der Waals surface area contributed by atoms with E-state index < -0.39 is 12.6 Å². The van der Waals surface area contributed by atoms with Gasteiger partial charge in [0, 0.05) is 31.7 Å². The molecule has 13 heteroatoms. The van der Waals surface area contributed by atoms with Gasteiger partial charge in [-0.15, -0.1) is 24.8 Å². The normalized spacial score (nSPS) is 22.4. The average molecular weight is 617 g/mol. The molecule has 2 saturated heterocycles. The summed E-state index contributed by atoms with van der Waals surface area (Å²) in [5, 5.41) is 3.42. The molecule has 2 aliphatic heterocycles. The van der Waals surface area contributed by atoms with Gasteiger partial charge in [0.2, 0.25) is 5.95 Å². The monoisotopic (exact) mass is 615 g/mol. The number of nitrogens with one attached hydrogen (secondary N) is 1. The van der Waals surface area contributed by atoms with Crippen LogP contribution in [0.1, 0.15) is 50.8 Å². The molecule has 0 spiro atoms. The Hall–Kier alpha value is -2.34. The van der Waals surface area contributed by atoms with Gasteiger partial charge in [-0.1, -0.05) is 12.1 Å². The molecule has 226 valence electrons. The van der Waals surface area contributed by atoms with Crippen molar-refractivity contribution in [2.45, 2.75) is 57.2 Å². The number of ether oxygens (including phenoxy) is 1. The fourth-order valence-corrected chi connectivity index (χ4v) is 6.16. The van der Waals surface area contributed by atoms with E-state index >= 15 is 0 Å². The van der Waals surface area contributed by atoms with Gasteiger partial charge in [0.15, 0.2) is 5.82 Å². The summed E-state index contributed by atoms with van der Waals surface area (Å²) in [6.07, 6.45) is 2.02. The lowest BCUT2D eigenvalue weighted by Gasteiger charge is -2.39. The van der Waals surface area contributed by atoms with E-state index in [9.17, 15) is 13.2 Å². The van der Waals surface area contributed by atoms with Crippen LogP contribution in [0.2, 0.25) is 0 Å². The molecule has 1 aliphatic carbocycles. The number of morpholine rings is 1. The summed E-state index contributed by atoms with van der Waals surface area (Å²) in [4.78, 5) is 18.3. The maximum absolute atomic E-state index is 14.1. The van der Waals surface area contributed by atoms with Gasteiger partial charge in [-0.25, -0.2) is 18.2 Å². The van der Waals surface area contributed by atoms with E-state index in [1.807, 2.05) is 6.07 Å². The summed E-state index contributed by atoms with van der Waals surface area (Å²) in [7, 11) is 0. The number of benzene rings is 1. The van der Waals surface area contributed by atoms with Gasteiger partial charge in [-0.05, 0) is 69.7 Å². The lowest BCUT2D eigenvalue weighted by molar-refractivity contribution is 0.0877. The number of fused-ring (bicyclic) bond motifs is 1. The van der Waals surface area contributed by atoms with Gasteiger partial charge in [-0.3, -0.25) is 4.57 Å². The first-order valence-electron chi connectivity index (χ1n) is 14.1. The molecular formula is C28H38Cl2F3N7O. The van der Waals surface area contributed by atoms with Gasteiger partial charge in [0.25, 0.3) is 6.43 Å². The predicted molar refractivity (Wildman–Crippen MR) is 159 cm³/mol. The van der Waals surface area contributed by atoms with Gasteiger partial charge >= 0.3 is 0 Å². The smallest absolute Gasteiger partial charge is 0.296 e. The van der Waals surface area contributed by atoms with Crippen LogP contribution in [0.25, 0.3) is 16.9 Å². The van der Waals surface area contributed by atoms with Crippen LogP contribution in [0.3, 0.4) is 0 Å². The quantitative estimate of drug-likeness (QED) is 0.358. The van der Waals surface area contributed by atoms with E-state index in [0.717, 1.165) is 38.8 Å². The first kappa shape index (κ1) is 31.6. The second kappa shape index (κ2) is 14.2. The Morgan fingerprint density at radius 2 is 1.56 bits per heavy atom. The molecule has 4 heterocycles. The number of alkyl halides is 3. The molecule has 6 rings (SSSR count). The van der Waals surface area contributed by atoms with Gasteiger partial charge in [0.05, 0.1) is 24.2 Å². The summed E-state index contributed by atoms with van der Waals surface area (Å²) in [5.41, 5.74) is 1.08. The second-order valence-corrected chi connectivity index (χ2v) is 10.9. The van der Waals surface area contributed by atoms with Crippen LogP contribution >= 0.6 is 24.8 Å². The Labute approximate surface area is 250 Å². The molecule has 3 aliphatic rings. The van der Waals surface area contributed by atoms with E-state index in [-0.39, 0.29) is 30.6 Å². The molecule has 3 fully saturated rings. The van der Waals surface area contributed by atoms with Crippen LogP contribution < -0.4 is 10.2 Å². The van der Waals surface area contributed by atoms with E-state index in [1.54, 1.807) is 24.3 Å².